The van der Waals surface area contributed by atoms with Crippen molar-refractivity contribution in [2.75, 3.05) is 20.2 Å². The summed E-state index contributed by atoms with van der Waals surface area (Å²) >= 11 is 0. The number of guanidine groups is 1. The zero-order valence-electron chi connectivity index (χ0n) is 17.5. The van der Waals surface area contributed by atoms with Gasteiger partial charge in [-0.1, -0.05) is 24.3 Å². The second-order valence-corrected chi connectivity index (χ2v) is 6.73. The van der Waals surface area contributed by atoms with E-state index in [1.165, 1.54) is 0 Å². The highest BCUT2D eigenvalue weighted by Crippen LogP contribution is 2.26. The molecule has 0 spiro atoms. The molecule has 0 amide bonds. The van der Waals surface area contributed by atoms with Crippen LogP contribution < -0.4 is 20.1 Å². The maximum Gasteiger partial charge on any atom is 0.191 e. The first-order valence-electron chi connectivity index (χ1n) is 9.84. The molecule has 3 aromatic rings. The number of aryl methyl sites for hydroxylation is 1. The van der Waals surface area contributed by atoms with Gasteiger partial charge in [-0.3, -0.25) is 0 Å². The van der Waals surface area contributed by atoms with Gasteiger partial charge in [-0.25, -0.2) is 9.98 Å². The molecule has 1 unspecified atom stereocenters. The van der Waals surface area contributed by atoms with Gasteiger partial charge in [0.05, 0.1) is 24.7 Å². The summed E-state index contributed by atoms with van der Waals surface area (Å²) in [5, 5.41) is 6.61. The molecule has 2 N–H and O–H groups in total. The van der Waals surface area contributed by atoms with Crippen LogP contribution in [0.2, 0.25) is 0 Å². The summed E-state index contributed by atoms with van der Waals surface area (Å²) in [6.45, 7) is 5.92. The van der Waals surface area contributed by atoms with Crippen LogP contribution in [0.4, 0.5) is 0 Å². The van der Waals surface area contributed by atoms with E-state index in [9.17, 15) is 0 Å². The first-order valence-corrected chi connectivity index (χ1v) is 9.84. The van der Waals surface area contributed by atoms with Crippen molar-refractivity contribution in [3.8, 4) is 11.5 Å². The first kappa shape index (κ1) is 20.5. The molecule has 1 aromatic heterocycles. The number of nitrogens with one attached hydrogen (secondary N) is 2. The number of imidazole rings is 1. The van der Waals surface area contributed by atoms with Crippen LogP contribution in [0.15, 0.2) is 53.5 Å². The molecule has 7 nitrogen and oxygen atoms in total. The maximum atomic E-state index is 6.00. The van der Waals surface area contributed by atoms with Gasteiger partial charge in [0.2, 0.25) is 0 Å². The lowest BCUT2D eigenvalue weighted by Crippen LogP contribution is -2.41. The number of fused-ring (bicyclic) bond motifs is 1. The standard InChI is InChI=1S/C22H29N5O2/c1-5-23-22(24-14-16(2)29-20-13-9-8-12-19(20)28-4)25-15-21-26-17-10-6-7-11-18(17)27(21)3/h6-13,16H,5,14-15H2,1-4H3,(H2,23,24,25). The number of methoxy groups -OCH3 is 1. The highest BCUT2D eigenvalue weighted by molar-refractivity contribution is 5.80. The molecule has 0 saturated heterocycles. The Labute approximate surface area is 171 Å². The fourth-order valence-corrected chi connectivity index (χ4v) is 3.04. The van der Waals surface area contributed by atoms with Crippen LogP contribution in [0.25, 0.3) is 11.0 Å². The summed E-state index contributed by atoms with van der Waals surface area (Å²) in [5.41, 5.74) is 2.09. The van der Waals surface area contributed by atoms with Gasteiger partial charge in [0, 0.05) is 13.6 Å². The van der Waals surface area contributed by atoms with Crippen molar-refractivity contribution in [2.45, 2.75) is 26.5 Å². The van der Waals surface area contributed by atoms with Crippen LogP contribution in [0, 0.1) is 0 Å². The Bertz CT molecular complexity index is 967. The Hall–Kier alpha value is -3.22. The number of para-hydroxylation sites is 4. The van der Waals surface area contributed by atoms with E-state index in [0.29, 0.717) is 13.1 Å². The second-order valence-electron chi connectivity index (χ2n) is 6.73. The van der Waals surface area contributed by atoms with Crippen LogP contribution in [-0.4, -0.2) is 41.8 Å². The minimum absolute atomic E-state index is 0.0640. The molecule has 0 saturated carbocycles. The van der Waals surface area contributed by atoms with Crippen LogP contribution in [-0.2, 0) is 13.6 Å². The molecule has 2 aromatic carbocycles. The van der Waals surface area contributed by atoms with Crippen molar-refractivity contribution < 1.29 is 9.47 Å². The largest absolute Gasteiger partial charge is 0.493 e. The first-order chi connectivity index (χ1) is 14.1. The molecular formula is C22H29N5O2. The van der Waals surface area contributed by atoms with Crippen molar-refractivity contribution in [3.63, 3.8) is 0 Å². The van der Waals surface area contributed by atoms with Gasteiger partial charge in [0.25, 0.3) is 0 Å². The summed E-state index contributed by atoms with van der Waals surface area (Å²) in [4.78, 5) is 9.36. The monoisotopic (exact) mass is 395 g/mol. The lowest BCUT2D eigenvalue weighted by atomic mass is 10.3. The minimum atomic E-state index is -0.0640. The molecular weight excluding hydrogens is 366 g/mol. The van der Waals surface area contributed by atoms with Crippen LogP contribution in [0.1, 0.15) is 19.7 Å². The van der Waals surface area contributed by atoms with E-state index in [1.807, 2.05) is 63.4 Å². The number of aromatic nitrogens is 2. The fourth-order valence-electron chi connectivity index (χ4n) is 3.04. The Balaban J connectivity index is 1.62. The molecule has 29 heavy (non-hydrogen) atoms. The summed E-state index contributed by atoms with van der Waals surface area (Å²) in [5.74, 6) is 3.10. The second kappa shape index (κ2) is 9.82. The topological polar surface area (TPSA) is 72.7 Å². The molecule has 0 aliphatic carbocycles. The number of hydrogen-bond acceptors (Lipinski definition) is 4. The molecule has 0 radical (unpaired) electrons. The van der Waals surface area contributed by atoms with Gasteiger partial charge >= 0.3 is 0 Å². The Morgan fingerprint density at radius 3 is 2.55 bits per heavy atom. The predicted octanol–water partition coefficient (Wildman–Crippen LogP) is 3.10. The van der Waals surface area contributed by atoms with Gasteiger partial charge < -0.3 is 24.7 Å². The zero-order valence-corrected chi connectivity index (χ0v) is 17.5. The summed E-state index contributed by atoms with van der Waals surface area (Å²) in [6.07, 6.45) is -0.0640. The molecule has 154 valence electrons. The normalized spacial score (nSPS) is 12.6. The van der Waals surface area contributed by atoms with Crippen LogP contribution >= 0.6 is 0 Å². The number of aliphatic imine (C=N–C) groups is 1. The van der Waals surface area contributed by atoms with Gasteiger partial charge in [0.15, 0.2) is 17.5 Å². The molecule has 7 heteroatoms. The molecule has 0 bridgehead atoms. The molecule has 3 rings (SSSR count). The highest BCUT2D eigenvalue weighted by Gasteiger charge is 2.10. The summed E-state index contributed by atoms with van der Waals surface area (Å²) in [6, 6.07) is 15.7. The number of ether oxygens (including phenoxy) is 2. The van der Waals surface area contributed by atoms with E-state index in [0.717, 1.165) is 40.9 Å². The third kappa shape index (κ3) is 5.19. The van der Waals surface area contributed by atoms with Crippen molar-refractivity contribution in [3.05, 3.63) is 54.4 Å². The van der Waals surface area contributed by atoms with E-state index >= 15 is 0 Å². The van der Waals surface area contributed by atoms with E-state index < -0.39 is 0 Å². The molecule has 0 aliphatic rings. The Morgan fingerprint density at radius 1 is 1.10 bits per heavy atom. The van der Waals surface area contributed by atoms with Crippen molar-refractivity contribution >= 4 is 17.0 Å². The van der Waals surface area contributed by atoms with Gasteiger partial charge in [-0.2, -0.15) is 0 Å². The molecule has 1 heterocycles. The van der Waals surface area contributed by atoms with E-state index in [1.54, 1.807) is 7.11 Å². The van der Waals surface area contributed by atoms with Gasteiger partial charge in [0.1, 0.15) is 18.5 Å². The number of nitrogens with zero attached hydrogens (tertiary/aromatic N) is 3. The van der Waals surface area contributed by atoms with Crippen molar-refractivity contribution in [1.29, 1.82) is 0 Å². The fraction of sp³-hybridized carbons (Fsp3) is 0.364. The van der Waals surface area contributed by atoms with E-state index in [-0.39, 0.29) is 6.10 Å². The lowest BCUT2D eigenvalue weighted by molar-refractivity contribution is 0.213. The van der Waals surface area contributed by atoms with Crippen molar-refractivity contribution in [1.82, 2.24) is 20.2 Å². The smallest absolute Gasteiger partial charge is 0.191 e. The number of benzene rings is 2. The number of rotatable bonds is 8. The highest BCUT2D eigenvalue weighted by atomic mass is 16.5. The maximum absolute atomic E-state index is 6.00. The van der Waals surface area contributed by atoms with Gasteiger partial charge in [-0.15, -0.1) is 0 Å². The van der Waals surface area contributed by atoms with Crippen LogP contribution in [0.5, 0.6) is 11.5 Å². The van der Waals surface area contributed by atoms with Crippen LogP contribution in [0.3, 0.4) is 0 Å². The molecule has 0 aliphatic heterocycles. The zero-order chi connectivity index (χ0) is 20.6. The summed E-state index contributed by atoms with van der Waals surface area (Å²) < 4.78 is 13.4. The van der Waals surface area contributed by atoms with E-state index in [4.69, 9.17) is 9.47 Å². The lowest BCUT2D eigenvalue weighted by Gasteiger charge is -2.19. The average molecular weight is 396 g/mol. The Morgan fingerprint density at radius 2 is 1.83 bits per heavy atom. The number of hydrogen-bond donors (Lipinski definition) is 2. The van der Waals surface area contributed by atoms with E-state index in [2.05, 4.69) is 31.2 Å². The van der Waals surface area contributed by atoms with Gasteiger partial charge in [-0.05, 0) is 38.1 Å². The van der Waals surface area contributed by atoms with Crippen molar-refractivity contribution in [2.24, 2.45) is 12.0 Å². The third-order valence-corrected chi connectivity index (χ3v) is 4.56. The predicted molar refractivity (Wildman–Crippen MR) is 117 cm³/mol. The minimum Gasteiger partial charge on any atom is -0.493 e. The third-order valence-electron chi connectivity index (χ3n) is 4.56. The Kier molecular flexibility index (Phi) is 6.94. The quantitative estimate of drug-likeness (QED) is 0.453. The summed E-state index contributed by atoms with van der Waals surface area (Å²) in [7, 11) is 3.66. The molecule has 1 atom stereocenters. The SMILES string of the molecule is CCNC(=NCc1nc2ccccc2n1C)NCC(C)Oc1ccccc1OC. The molecule has 0 fully saturated rings. The average Bonchev–Trinajstić information content (AvgIpc) is 3.06.